The number of rotatable bonds is 6. The lowest BCUT2D eigenvalue weighted by molar-refractivity contribution is 0.0817. The number of carbonyl (C=O) groups is 1. The zero-order valence-electron chi connectivity index (χ0n) is 10.8. The van der Waals surface area contributed by atoms with Crippen molar-refractivity contribution < 1.29 is 9.90 Å². The molecule has 0 aliphatic rings. The van der Waals surface area contributed by atoms with Crippen LogP contribution in [0, 0.1) is 5.92 Å². The molecule has 1 unspecified atom stereocenters. The molecule has 1 aromatic rings. The summed E-state index contributed by atoms with van der Waals surface area (Å²) in [5.74, 6) is -0.0258. The van der Waals surface area contributed by atoms with Gasteiger partial charge in [-0.25, -0.2) is 0 Å². The molecule has 2 N–H and O–H groups in total. The van der Waals surface area contributed by atoms with Crippen LogP contribution in [0.3, 0.4) is 0 Å². The number of amides is 1. The number of hydrogen-bond acceptors (Lipinski definition) is 2. The first kappa shape index (κ1) is 15.0. The van der Waals surface area contributed by atoms with Crippen LogP contribution in [0.4, 0.5) is 0 Å². The molecule has 0 bridgehead atoms. The minimum Gasteiger partial charge on any atom is -0.391 e. The van der Waals surface area contributed by atoms with Crippen LogP contribution in [0.5, 0.6) is 0 Å². The Morgan fingerprint density at radius 2 is 1.94 bits per heavy atom. The number of nitrogens with one attached hydrogen (secondary N) is 1. The summed E-state index contributed by atoms with van der Waals surface area (Å²) in [5.41, 5.74) is 0.441. The smallest absolute Gasteiger partial charge is 0.252 e. The van der Waals surface area contributed by atoms with Gasteiger partial charge in [-0.2, -0.15) is 0 Å². The highest BCUT2D eigenvalue weighted by molar-refractivity contribution is 6.33. The molecular weight excluding hydrogens is 250 g/mol. The molecule has 0 saturated carbocycles. The third-order valence-electron chi connectivity index (χ3n) is 3.18. The van der Waals surface area contributed by atoms with Crippen LogP contribution in [0.25, 0.3) is 0 Å². The van der Waals surface area contributed by atoms with Gasteiger partial charge >= 0.3 is 0 Å². The molecule has 1 rings (SSSR count). The lowest BCUT2D eigenvalue weighted by Gasteiger charge is -2.20. The monoisotopic (exact) mass is 269 g/mol. The van der Waals surface area contributed by atoms with Gasteiger partial charge in [0, 0.05) is 6.54 Å². The summed E-state index contributed by atoms with van der Waals surface area (Å²) < 4.78 is 0. The first-order chi connectivity index (χ1) is 8.60. The molecule has 0 aliphatic carbocycles. The molecule has 1 amide bonds. The van der Waals surface area contributed by atoms with Gasteiger partial charge in [-0.15, -0.1) is 0 Å². The summed E-state index contributed by atoms with van der Waals surface area (Å²) >= 11 is 5.93. The average Bonchev–Trinajstić information content (AvgIpc) is 2.38. The third kappa shape index (κ3) is 4.00. The van der Waals surface area contributed by atoms with Crippen molar-refractivity contribution in [1.82, 2.24) is 5.32 Å². The van der Waals surface area contributed by atoms with Crippen LogP contribution < -0.4 is 5.32 Å². The van der Waals surface area contributed by atoms with E-state index in [-0.39, 0.29) is 18.4 Å². The zero-order chi connectivity index (χ0) is 13.5. The predicted octanol–water partition coefficient (Wildman–Crippen LogP) is 2.87. The molecule has 0 saturated heterocycles. The van der Waals surface area contributed by atoms with Crippen molar-refractivity contribution in [2.45, 2.75) is 32.8 Å². The fraction of sp³-hybridized carbons (Fsp3) is 0.500. The van der Waals surface area contributed by atoms with E-state index in [9.17, 15) is 9.90 Å². The van der Waals surface area contributed by atoms with Crippen LogP contribution in [0.2, 0.25) is 5.02 Å². The molecule has 4 heteroatoms. The maximum absolute atomic E-state index is 11.9. The first-order valence-electron chi connectivity index (χ1n) is 6.30. The molecule has 1 atom stereocenters. The van der Waals surface area contributed by atoms with Gasteiger partial charge < -0.3 is 10.4 Å². The Kier molecular flexibility index (Phi) is 6.16. The summed E-state index contributed by atoms with van der Waals surface area (Å²) in [6.07, 6.45) is 1.30. The van der Waals surface area contributed by atoms with E-state index in [1.807, 2.05) is 13.8 Å². The van der Waals surface area contributed by atoms with Crippen LogP contribution in [0.1, 0.15) is 37.0 Å². The Morgan fingerprint density at radius 3 is 2.50 bits per heavy atom. The Balaban J connectivity index is 2.54. The van der Waals surface area contributed by atoms with Gasteiger partial charge in [-0.3, -0.25) is 4.79 Å². The second kappa shape index (κ2) is 7.39. The van der Waals surface area contributed by atoms with Crippen molar-refractivity contribution in [1.29, 1.82) is 0 Å². The van der Waals surface area contributed by atoms with Gasteiger partial charge in [-0.05, 0) is 18.1 Å². The van der Waals surface area contributed by atoms with Gasteiger partial charge in [0.25, 0.3) is 5.91 Å². The van der Waals surface area contributed by atoms with Crippen molar-refractivity contribution in [3.63, 3.8) is 0 Å². The number of carbonyl (C=O) groups excluding carboxylic acids is 1. The zero-order valence-corrected chi connectivity index (χ0v) is 11.6. The molecule has 0 heterocycles. The molecule has 0 fully saturated rings. The van der Waals surface area contributed by atoms with Crippen LogP contribution >= 0.6 is 11.6 Å². The maximum atomic E-state index is 11.9. The van der Waals surface area contributed by atoms with E-state index >= 15 is 0 Å². The Morgan fingerprint density at radius 1 is 1.33 bits per heavy atom. The third-order valence-corrected chi connectivity index (χ3v) is 3.51. The summed E-state index contributed by atoms with van der Waals surface area (Å²) in [6.45, 7) is 4.33. The van der Waals surface area contributed by atoms with Crippen LogP contribution in [-0.2, 0) is 0 Å². The fourth-order valence-corrected chi connectivity index (χ4v) is 2.16. The highest BCUT2D eigenvalue weighted by Gasteiger charge is 2.17. The topological polar surface area (TPSA) is 49.3 Å². The normalized spacial score (nSPS) is 12.5. The molecule has 0 aromatic heterocycles. The second-order valence-corrected chi connectivity index (χ2v) is 4.74. The van der Waals surface area contributed by atoms with Gasteiger partial charge in [0.15, 0.2) is 0 Å². The Hall–Kier alpha value is -1.06. The predicted molar refractivity (Wildman–Crippen MR) is 73.9 cm³/mol. The summed E-state index contributed by atoms with van der Waals surface area (Å²) in [5, 5.41) is 13.1. The molecule has 18 heavy (non-hydrogen) atoms. The van der Waals surface area contributed by atoms with Gasteiger partial charge in [0.05, 0.1) is 16.7 Å². The van der Waals surface area contributed by atoms with Crippen molar-refractivity contribution in [3.8, 4) is 0 Å². The van der Waals surface area contributed by atoms with E-state index in [0.717, 1.165) is 12.8 Å². The van der Waals surface area contributed by atoms with E-state index in [1.165, 1.54) is 0 Å². The molecule has 0 spiro atoms. The number of hydrogen-bond donors (Lipinski definition) is 2. The summed E-state index contributed by atoms with van der Waals surface area (Å²) in [7, 11) is 0. The molecule has 1 aromatic carbocycles. The lowest BCUT2D eigenvalue weighted by Crippen LogP contribution is -2.36. The van der Waals surface area contributed by atoms with E-state index in [1.54, 1.807) is 24.3 Å². The van der Waals surface area contributed by atoms with E-state index < -0.39 is 6.10 Å². The first-order valence-corrected chi connectivity index (χ1v) is 6.68. The molecular formula is C14H20ClNO2. The Bertz CT molecular complexity index is 391. The fourth-order valence-electron chi connectivity index (χ4n) is 1.94. The minimum absolute atomic E-state index is 0.219. The highest BCUT2D eigenvalue weighted by atomic mass is 35.5. The highest BCUT2D eigenvalue weighted by Crippen LogP contribution is 2.15. The standard InChI is InChI=1S/C14H20ClNO2/c1-3-10(4-2)13(17)9-16-14(18)11-7-5-6-8-12(11)15/h5-8,10,13,17H,3-4,9H2,1-2H3,(H,16,18). The molecule has 0 radical (unpaired) electrons. The Labute approximate surface area is 113 Å². The maximum Gasteiger partial charge on any atom is 0.252 e. The SMILES string of the molecule is CCC(CC)C(O)CNC(=O)c1ccccc1Cl. The van der Waals surface area contributed by atoms with Gasteiger partial charge in [0.2, 0.25) is 0 Å². The number of halogens is 1. The molecule has 100 valence electrons. The summed E-state index contributed by atoms with van der Waals surface area (Å²) in [4.78, 5) is 11.9. The van der Waals surface area contributed by atoms with Crippen LogP contribution in [-0.4, -0.2) is 23.7 Å². The van der Waals surface area contributed by atoms with Gasteiger partial charge in [0.1, 0.15) is 0 Å². The lowest BCUT2D eigenvalue weighted by atomic mass is 9.96. The minimum atomic E-state index is -0.508. The van der Waals surface area contributed by atoms with E-state index in [0.29, 0.717) is 10.6 Å². The second-order valence-electron chi connectivity index (χ2n) is 4.33. The van der Waals surface area contributed by atoms with Crippen LogP contribution in [0.15, 0.2) is 24.3 Å². The average molecular weight is 270 g/mol. The largest absolute Gasteiger partial charge is 0.391 e. The van der Waals surface area contributed by atoms with E-state index in [2.05, 4.69) is 5.32 Å². The molecule has 3 nitrogen and oxygen atoms in total. The number of aliphatic hydroxyl groups is 1. The van der Waals surface area contributed by atoms with Crippen molar-refractivity contribution in [2.24, 2.45) is 5.92 Å². The van der Waals surface area contributed by atoms with Crippen molar-refractivity contribution in [2.75, 3.05) is 6.54 Å². The molecule has 0 aliphatic heterocycles. The number of benzene rings is 1. The van der Waals surface area contributed by atoms with Crippen molar-refractivity contribution >= 4 is 17.5 Å². The van der Waals surface area contributed by atoms with Crippen molar-refractivity contribution in [3.05, 3.63) is 34.9 Å². The summed E-state index contributed by atoms with van der Waals surface area (Å²) in [6, 6.07) is 6.88. The van der Waals surface area contributed by atoms with Gasteiger partial charge in [-0.1, -0.05) is 50.4 Å². The van der Waals surface area contributed by atoms with E-state index in [4.69, 9.17) is 11.6 Å². The quantitative estimate of drug-likeness (QED) is 0.834. The number of aliphatic hydroxyl groups excluding tert-OH is 1.